The van der Waals surface area contributed by atoms with Crippen LogP contribution in [0.3, 0.4) is 0 Å². The predicted molar refractivity (Wildman–Crippen MR) is 60.2 cm³/mol. The summed E-state index contributed by atoms with van der Waals surface area (Å²) in [6.45, 7) is 4.55. The first-order valence-corrected chi connectivity index (χ1v) is 5.45. The Bertz CT molecular complexity index is 401. The Balaban J connectivity index is 3.03. The molecule has 0 N–H and O–H groups in total. The van der Waals surface area contributed by atoms with Crippen LogP contribution in [0.2, 0.25) is 5.15 Å². The van der Waals surface area contributed by atoms with Crippen LogP contribution in [0.5, 0.6) is 0 Å². The molecule has 0 bridgehead atoms. The number of hydrogen-bond acceptors (Lipinski definition) is 3. The summed E-state index contributed by atoms with van der Waals surface area (Å²) in [7, 11) is 0. The number of carbonyl (C=O) groups is 1. The van der Waals surface area contributed by atoms with E-state index >= 15 is 0 Å². The molecule has 0 radical (unpaired) electrons. The summed E-state index contributed by atoms with van der Waals surface area (Å²) in [5, 5.41) is 7.47. The largest absolute Gasteiger partial charge is 0.299 e. The molecular weight excluding hydrogens is 231 g/mol. The van der Waals surface area contributed by atoms with Gasteiger partial charge in [-0.3, -0.25) is 4.79 Å². The van der Waals surface area contributed by atoms with Crippen molar-refractivity contribution in [2.75, 3.05) is 0 Å². The van der Waals surface area contributed by atoms with E-state index in [-0.39, 0.29) is 22.9 Å². The Labute approximate surface area is 99.0 Å². The number of hydrogen-bond donors (Lipinski definition) is 0. The predicted octanol–water partition coefficient (Wildman–Crippen LogP) is 2.86. The fourth-order valence-electron chi connectivity index (χ4n) is 1.25. The number of ketones is 1. The molecule has 0 saturated heterocycles. The molecule has 1 rings (SSSR count). The third-order valence-corrected chi connectivity index (χ3v) is 2.49. The average molecular weight is 245 g/mol. The minimum Gasteiger partial charge on any atom is -0.299 e. The van der Waals surface area contributed by atoms with Gasteiger partial charge in [0.1, 0.15) is 11.5 Å². The lowest BCUT2D eigenvalue weighted by molar-refractivity contribution is -0.118. The van der Waals surface area contributed by atoms with E-state index in [9.17, 15) is 9.18 Å². The van der Waals surface area contributed by atoms with Crippen LogP contribution in [-0.4, -0.2) is 16.0 Å². The van der Waals surface area contributed by atoms with Crippen LogP contribution in [-0.2, 0) is 16.9 Å². The summed E-state index contributed by atoms with van der Waals surface area (Å²) in [6.07, 6.45) is 0.600. The maximum atomic E-state index is 13.7. The third kappa shape index (κ3) is 3.23. The lowest BCUT2D eigenvalue weighted by Gasteiger charge is -2.15. The van der Waals surface area contributed by atoms with Gasteiger partial charge in [0.05, 0.1) is 12.1 Å². The number of carbonyl (C=O) groups excluding carboxylic acids is 1. The third-order valence-electron chi connectivity index (χ3n) is 2.21. The quantitative estimate of drug-likeness (QED) is 0.818. The van der Waals surface area contributed by atoms with E-state index in [4.69, 9.17) is 11.6 Å². The number of alkyl halides is 1. The van der Waals surface area contributed by atoms with Crippen molar-refractivity contribution in [2.45, 2.75) is 39.3 Å². The van der Waals surface area contributed by atoms with Gasteiger partial charge < -0.3 is 0 Å². The van der Waals surface area contributed by atoms with Crippen molar-refractivity contribution in [3.8, 4) is 0 Å². The fraction of sp³-hybridized carbons (Fsp3) is 0.545. The minimum absolute atomic E-state index is 0.0410. The zero-order valence-electron chi connectivity index (χ0n) is 9.55. The first-order valence-electron chi connectivity index (χ1n) is 5.07. The highest BCUT2D eigenvalue weighted by molar-refractivity contribution is 6.30. The van der Waals surface area contributed by atoms with Crippen molar-refractivity contribution < 1.29 is 9.18 Å². The van der Waals surface area contributed by atoms with Crippen LogP contribution in [0.25, 0.3) is 0 Å². The van der Waals surface area contributed by atoms with Crippen LogP contribution < -0.4 is 0 Å². The van der Waals surface area contributed by atoms with Gasteiger partial charge in [-0.2, -0.15) is 5.10 Å². The van der Waals surface area contributed by atoms with Crippen LogP contribution in [0.4, 0.5) is 4.39 Å². The second-order valence-electron chi connectivity index (χ2n) is 4.08. The fourth-order valence-corrected chi connectivity index (χ4v) is 1.56. The van der Waals surface area contributed by atoms with Gasteiger partial charge >= 0.3 is 0 Å². The molecule has 0 saturated carbocycles. The highest BCUT2D eigenvalue weighted by atomic mass is 35.5. The van der Waals surface area contributed by atoms with Crippen molar-refractivity contribution in [2.24, 2.45) is 0 Å². The van der Waals surface area contributed by atoms with Crippen LogP contribution in [0.1, 0.15) is 38.4 Å². The molecule has 1 aromatic rings. The zero-order valence-corrected chi connectivity index (χ0v) is 10.3. The SMILES string of the molecule is CCC(=O)Cc1cc(C(C)(C)F)c(Cl)nn1. The summed E-state index contributed by atoms with van der Waals surface area (Å²) in [6, 6.07) is 1.50. The Morgan fingerprint density at radius 3 is 2.62 bits per heavy atom. The lowest BCUT2D eigenvalue weighted by Crippen LogP contribution is -2.13. The van der Waals surface area contributed by atoms with Crippen LogP contribution in [0, 0.1) is 0 Å². The first-order chi connectivity index (χ1) is 7.34. The Kier molecular flexibility index (Phi) is 3.97. The van der Waals surface area contributed by atoms with E-state index in [1.54, 1.807) is 6.92 Å². The Hall–Kier alpha value is -1.03. The summed E-state index contributed by atoms with van der Waals surface area (Å²) in [5.74, 6) is 0.0410. The molecule has 0 fully saturated rings. The van der Waals surface area contributed by atoms with Crippen molar-refractivity contribution in [1.29, 1.82) is 0 Å². The molecule has 3 nitrogen and oxygen atoms in total. The highest BCUT2D eigenvalue weighted by Gasteiger charge is 2.24. The van der Waals surface area contributed by atoms with Crippen molar-refractivity contribution in [1.82, 2.24) is 10.2 Å². The first kappa shape index (κ1) is 13.0. The molecule has 0 amide bonds. The molecule has 5 heteroatoms. The van der Waals surface area contributed by atoms with Gasteiger partial charge in [0, 0.05) is 12.0 Å². The molecule has 0 aliphatic carbocycles. The summed E-state index contributed by atoms with van der Waals surface area (Å²) < 4.78 is 13.7. The van der Waals surface area contributed by atoms with E-state index in [1.807, 2.05) is 0 Å². The molecule has 0 aromatic carbocycles. The zero-order chi connectivity index (χ0) is 12.3. The second-order valence-corrected chi connectivity index (χ2v) is 4.44. The highest BCUT2D eigenvalue weighted by Crippen LogP contribution is 2.29. The molecule has 0 aliphatic heterocycles. The van der Waals surface area contributed by atoms with Gasteiger partial charge in [-0.15, -0.1) is 5.10 Å². The van der Waals surface area contributed by atoms with Gasteiger partial charge in [0.2, 0.25) is 0 Å². The number of aromatic nitrogens is 2. The van der Waals surface area contributed by atoms with Crippen LogP contribution in [0.15, 0.2) is 6.07 Å². The minimum atomic E-state index is -1.59. The molecule has 16 heavy (non-hydrogen) atoms. The number of nitrogens with zero attached hydrogens (tertiary/aromatic N) is 2. The van der Waals surface area contributed by atoms with Crippen molar-refractivity contribution in [3.63, 3.8) is 0 Å². The van der Waals surface area contributed by atoms with Gasteiger partial charge in [-0.05, 0) is 19.9 Å². The van der Waals surface area contributed by atoms with Gasteiger partial charge in [0.25, 0.3) is 0 Å². The van der Waals surface area contributed by atoms with E-state index in [1.165, 1.54) is 19.9 Å². The van der Waals surface area contributed by atoms with Crippen molar-refractivity contribution in [3.05, 3.63) is 22.5 Å². The molecule has 0 aliphatic rings. The molecule has 1 heterocycles. The molecular formula is C11H14ClFN2O. The van der Waals surface area contributed by atoms with Gasteiger partial charge in [-0.1, -0.05) is 18.5 Å². The van der Waals surface area contributed by atoms with Gasteiger partial charge in [-0.25, -0.2) is 4.39 Å². The average Bonchev–Trinajstić information content (AvgIpc) is 2.19. The Morgan fingerprint density at radius 2 is 2.12 bits per heavy atom. The number of Topliss-reactive ketones (excluding diaryl/α,β-unsaturated/α-hetero) is 1. The number of rotatable bonds is 4. The maximum Gasteiger partial charge on any atom is 0.158 e. The molecule has 1 aromatic heterocycles. The normalized spacial score (nSPS) is 11.6. The lowest BCUT2D eigenvalue weighted by atomic mass is 10.0. The van der Waals surface area contributed by atoms with E-state index in [0.717, 1.165) is 0 Å². The monoisotopic (exact) mass is 244 g/mol. The molecule has 0 spiro atoms. The summed E-state index contributed by atoms with van der Waals surface area (Å²) in [5.41, 5.74) is -0.864. The van der Waals surface area contributed by atoms with Crippen LogP contribution >= 0.6 is 11.6 Å². The topological polar surface area (TPSA) is 42.9 Å². The summed E-state index contributed by atoms with van der Waals surface area (Å²) >= 11 is 5.75. The van der Waals surface area contributed by atoms with Crippen molar-refractivity contribution >= 4 is 17.4 Å². The van der Waals surface area contributed by atoms with E-state index in [0.29, 0.717) is 12.1 Å². The maximum absolute atomic E-state index is 13.7. The molecule has 88 valence electrons. The molecule has 0 unspecified atom stereocenters. The van der Waals surface area contributed by atoms with E-state index < -0.39 is 5.67 Å². The second kappa shape index (κ2) is 4.87. The summed E-state index contributed by atoms with van der Waals surface area (Å²) in [4.78, 5) is 11.2. The molecule has 0 atom stereocenters. The Morgan fingerprint density at radius 1 is 1.50 bits per heavy atom. The smallest absolute Gasteiger partial charge is 0.158 e. The standard InChI is InChI=1S/C11H14ClFN2O/c1-4-8(16)5-7-6-9(11(2,3)13)10(12)15-14-7/h6H,4-5H2,1-3H3. The number of halogens is 2. The van der Waals surface area contributed by atoms with Gasteiger partial charge in [0.15, 0.2) is 5.15 Å². The van der Waals surface area contributed by atoms with E-state index in [2.05, 4.69) is 10.2 Å².